The van der Waals surface area contributed by atoms with Crippen molar-refractivity contribution in [3.63, 3.8) is 0 Å². The van der Waals surface area contributed by atoms with Crippen LogP contribution in [0.5, 0.6) is 5.75 Å². The number of halogens is 3. The maximum Gasteiger partial charge on any atom is 0.573 e. The number of nitrogens with one attached hydrogen (secondary N) is 2. The van der Waals surface area contributed by atoms with Gasteiger partial charge in [-0.1, -0.05) is 23.4 Å². The van der Waals surface area contributed by atoms with Crippen molar-refractivity contribution in [2.24, 2.45) is 0 Å². The number of alkyl halides is 3. The summed E-state index contributed by atoms with van der Waals surface area (Å²) in [6.45, 7) is 0. The highest BCUT2D eigenvalue weighted by Gasteiger charge is 2.33. The molecule has 0 saturated heterocycles. The summed E-state index contributed by atoms with van der Waals surface area (Å²) in [6, 6.07) is 11.9. The molecule has 0 spiro atoms. The standard InChI is InChI=1S/C23H20F3N7O2/c24-23(25,26)35-19-13-16(15-4-5-15)6-9-18(19)28-21-22(34)33(12-11-27-21)17-7-1-14(2-8-17)3-10-20-29-31-32-30-20/h1-2,6-9,11-13,15H,3-5,10H2,(H,27,28)(H,29,30,31,32). The number of hydrogen-bond donors (Lipinski definition) is 2. The first-order chi connectivity index (χ1) is 16.9. The van der Waals surface area contributed by atoms with Crippen LogP contribution in [0.3, 0.4) is 0 Å². The van der Waals surface area contributed by atoms with Crippen molar-refractivity contribution in [1.82, 2.24) is 30.2 Å². The quantitative estimate of drug-likeness (QED) is 0.389. The topological polar surface area (TPSA) is 111 Å². The van der Waals surface area contributed by atoms with E-state index in [2.05, 4.69) is 35.7 Å². The highest BCUT2D eigenvalue weighted by Crippen LogP contribution is 2.43. The average molecular weight is 483 g/mol. The number of anilines is 2. The monoisotopic (exact) mass is 483 g/mol. The van der Waals surface area contributed by atoms with E-state index in [1.807, 2.05) is 12.1 Å². The van der Waals surface area contributed by atoms with E-state index < -0.39 is 17.7 Å². The molecule has 180 valence electrons. The molecule has 2 N–H and O–H groups in total. The summed E-state index contributed by atoms with van der Waals surface area (Å²) >= 11 is 0. The largest absolute Gasteiger partial charge is 0.573 e. The Hall–Kier alpha value is -4.22. The first-order valence-corrected chi connectivity index (χ1v) is 10.9. The van der Waals surface area contributed by atoms with E-state index in [1.54, 1.807) is 18.2 Å². The number of tetrazole rings is 1. The number of ether oxygens (including phenoxy) is 1. The van der Waals surface area contributed by atoms with Crippen LogP contribution < -0.4 is 15.6 Å². The van der Waals surface area contributed by atoms with Crippen molar-refractivity contribution in [3.8, 4) is 11.4 Å². The molecule has 0 bridgehead atoms. The van der Waals surface area contributed by atoms with Crippen LogP contribution in [0.2, 0.25) is 0 Å². The Morgan fingerprint density at radius 2 is 1.91 bits per heavy atom. The molecule has 0 aliphatic heterocycles. The van der Waals surface area contributed by atoms with Crippen LogP contribution in [0.4, 0.5) is 24.7 Å². The number of hydrogen-bond acceptors (Lipinski definition) is 7. The van der Waals surface area contributed by atoms with E-state index in [0.29, 0.717) is 24.4 Å². The van der Waals surface area contributed by atoms with Gasteiger partial charge in [0.25, 0.3) is 5.56 Å². The fourth-order valence-electron chi connectivity index (χ4n) is 3.72. The molecule has 4 aromatic rings. The minimum atomic E-state index is -4.87. The van der Waals surface area contributed by atoms with Crippen LogP contribution >= 0.6 is 0 Å². The summed E-state index contributed by atoms with van der Waals surface area (Å²) in [6.07, 6.45) is 1.19. The number of aryl methyl sites for hydroxylation is 2. The van der Waals surface area contributed by atoms with Gasteiger partial charge in [-0.2, -0.15) is 5.21 Å². The number of H-pyrrole nitrogens is 1. The lowest BCUT2D eigenvalue weighted by atomic mass is 10.1. The van der Waals surface area contributed by atoms with E-state index >= 15 is 0 Å². The summed E-state index contributed by atoms with van der Waals surface area (Å²) in [4.78, 5) is 17.1. The fraction of sp³-hybridized carbons (Fsp3) is 0.261. The lowest BCUT2D eigenvalue weighted by Crippen LogP contribution is -2.22. The Kier molecular flexibility index (Phi) is 5.93. The zero-order valence-corrected chi connectivity index (χ0v) is 18.3. The molecule has 2 heterocycles. The lowest BCUT2D eigenvalue weighted by molar-refractivity contribution is -0.274. The maximum atomic E-state index is 13.1. The van der Waals surface area contributed by atoms with Crippen molar-refractivity contribution in [1.29, 1.82) is 0 Å². The van der Waals surface area contributed by atoms with Crippen LogP contribution in [-0.2, 0) is 12.8 Å². The van der Waals surface area contributed by atoms with Gasteiger partial charge in [0.1, 0.15) is 0 Å². The van der Waals surface area contributed by atoms with Crippen molar-refractivity contribution < 1.29 is 17.9 Å². The van der Waals surface area contributed by atoms with Crippen LogP contribution in [0.1, 0.15) is 35.7 Å². The second kappa shape index (κ2) is 9.20. The summed E-state index contributed by atoms with van der Waals surface area (Å²) in [5.41, 5.74) is 1.86. The Balaban J connectivity index is 1.37. The van der Waals surface area contributed by atoms with Gasteiger partial charge in [0.2, 0.25) is 0 Å². The average Bonchev–Trinajstić information content (AvgIpc) is 3.55. The van der Waals surface area contributed by atoms with Crippen molar-refractivity contribution in [3.05, 3.63) is 82.2 Å². The summed E-state index contributed by atoms with van der Waals surface area (Å²) < 4.78 is 44.6. The summed E-state index contributed by atoms with van der Waals surface area (Å²) in [5.74, 6) is 0.320. The molecule has 35 heavy (non-hydrogen) atoms. The molecule has 1 saturated carbocycles. The molecule has 0 radical (unpaired) electrons. The van der Waals surface area contributed by atoms with Crippen LogP contribution in [-0.4, -0.2) is 36.5 Å². The van der Waals surface area contributed by atoms with Gasteiger partial charge in [-0.25, -0.2) is 4.98 Å². The predicted molar refractivity (Wildman–Crippen MR) is 120 cm³/mol. The molecule has 9 nitrogen and oxygen atoms in total. The fourth-order valence-corrected chi connectivity index (χ4v) is 3.72. The second-order valence-corrected chi connectivity index (χ2v) is 8.15. The number of aromatic amines is 1. The molecule has 0 unspecified atom stereocenters. The SMILES string of the molecule is O=c1c(Nc2ccc(C3CC3)cc2OC(F)(F)F)nccn1-c1ccc(CCc2nn[nH]n2)cc1. The maximum absolute atomic E-state index is 13.1. The van der Waals surface area contributed by atoms with Crippen LogP contribution in [0, 0.1) is 0 Å². The highest BCUT2D eigenvalue weighted by molar-refractivity contribution is 5.65. The zero-order valence-electron chi connectivity index (χ0n) is 18.3. The van der Waals surface area contributed by atoms with E-state index in [4.69, 9.17) is 0 Å². The van der Waals surface area contributed by atoms with Gasteiger partial charge in [0.15, 0.2) is 17.4 Å². The molecular formula is C23H20F3N7O2. The van der Waals surface area contributed by atoms with Gasteiger partial charge >= 0.3 is 6.36 Å². The van der Waals surface area contributed by atoms with E-state index in [1.165, 1.54) is 29.1 Å². The van der Waals surface area contributed by atoms with Gasteiger partial charge in [-0.15, -0.1) is 23.4 Å². The normalized spacial score (nSPS) is 13.6. The van der Waals surface area contributed by atoms with Crippen LogP contribution in [0.15, 0.2) is 59.7 Å². The lowest BCUT2D eigenvalue weighted by Gasteiger charge is -2.16. The Morgan fingerprint density at radius 1 is 1.11 bits per heavy atom. The molecule has 0 amide bonds. The molecule has 1 aliphatic carbocycles. The van der Waals surface area contributed by atoms with Crippen molar-refractivity contribution >= 4 is 11.5 Å². The van der Waals surface area contributed by atoms with Gasteiger partial charge in [-0.05, 0) is 60.6 Å². The summed E-state index contributed by atoms with van der Waals surface area (Å²) in [5, 5.41) is 16.5. The molecule has 0 atom stereocenters. The minimum absolute atomic E-state index is 0.00545. The van der Waals surface area contributed by atoms with E-state index in [0.717, 1.165) is 24.0 Å². The van der Waals surface area contributed by atoms with Gasteiger partial charge in [-0.3, -0.25) is 9.36 Å². The zero-order chi connectivity index (χ0) is 24.4. The predicted octanol–water partition coefficient (Wildman–Crippen LogP) is 4.05. The Labute approximate surface area is 197 Å². The third kappa shape index (κ3) is 5.48. The third-order valence-corrected chi connectivity index (χ3v) is 5.61. The number of nitrogens with zero attached hydrogens (tertiary/aromatic N) is 5. The molecule has 1 fully saturated rings. The Morgan fingerprint density at radius 3 is 2.60 bits per heavy atom. The highest BCUT2D eigenvalue weighted by atomic mass is 19.4. The van der Waals surface area contributed by atoms with Crippen LogP contribution in [0.25, 0.3) is 5.69 Å². The first kappa shape index (κ1) is 22.6. The molecule has 2 aromatic heterocycles. The smallest absolute Gasteiger partial charge is 0.404 e. The second-order valence-electron chi connectivity index (χ2n) is 8.15. The van der Waals surface area contributed by atoms with Crippen molar-refractivity contribution in [2.45, 2.75) is 38.0 Å². The third-order valence-electron chi connectivity index (χ3n) is 5.61. The van der Waals surface area contributed by atoms with E-state index in [-0.39, 0.29) is 17.4 Å². The van der Waals surface area contributed by atoms with Gasteiger partial charge in [0, 0.05) is 24.5 Å². The molecule has 1 aliphatic rings. The Bertz CT molecular complexity index is 1370. The van der Waals surface area contributed by atoms with Gasteiger partial charge in [0.05, 0.1) is 5.69 Å². The number of rotatable bonds is 8. The molecule has 2 aromatic carbocycles. The van der Waals surface area contributed by atoms with Crippen molar-refractivity contribution in [2.75, 3.05) is 5.32 Å². The van der Waals surface area contributed by atoms with E-state index in [9.17, 15) is 18.0 Å². The van der Waals surface area contributed by atoms with Gasteiger partial charge < -0.3 is 10.1 Å². The number of benzene rings is 2. The number of aromatic nitrogens is 6. The molecule has 5 rings (SSSR count). The summed E-state index contributed by atoms with van der Waals surface area (Å²) in [7, 11) is 0. The molecular weight excluding hydrogens is 463 g/mol. The minimum Gasteiger partial charge on any atom is -0.404 e. The molecule has 12 heteroatoms. The first-order valence-electron chi connectivity index (χ1n) is 10.9.